The molecule has 1 aromatic carbocycles. The van der Waals surface area contributed by atoms with E-state index in [4.69, 9.17) is 0 Å². The highest BCUT2D eigenvalue weighted by molar-refractivity contribution is 7.14. The second kappa shape index (κ2) is 6.92. The van der Waals surface area contributed by atoms with E-state index in [1.807, 2.05) is 24.5 Å². The third-order valence-corrected chi connectivity index (χ3v) is 4.79. The molecule has 5 nitrogen and oxygen atoms in total. The summed E-state index contributed by atoms with van der Waals surface area (Å²) in [7, 11) is 0. The third-order valence-electron chi connectivity index (χ3n) is 3.74. The molecule has 1 N–H and O–H groups in total. The van der Waals surface area contributed by atoms with Gasteiger partial charge in [-0.3, -0.25) is 4.79 Å². The highest BCUT2D eigenvalue weighted by Gasteiger charge is 2.13. The molecule has 2 aromatic heterocycles. The van der Waals surface area contributed by atoms with Crippen LogP contribution in [0.4, 0.5) is 4.39 Å². The highest BCUT2D eigenvalue weighted by atomic mass is 32.1. The minimum absolute atomic E-state index is 0.109. The average Bonchev–Trinajstić information content (AvgIpc) is 3.14. The van der Waals surface area contributed by atoms with Crippen molar-refractivity contribution in [2.75, 3.05) is 6.54 Å². The summed E-state index contributed by atoms with van der Waals surface area (Å²) >= 11 is 1.44. The topological polar surface area (TPSA) is 59.8 Å². The number of rotatable bonds is 5. The number of nitrogens with zero attached hydrogens (tertiary/aromatic N) is 3. The van der Waals surface area contributed by atoms with Gasteiger partial charge in [0.15, 0.2) is 0 Å². The van der Waals surface area contributed by atoms with Crippen molar-refractivity contribution in [2.24, 2.45) is 0 Å². The van der Waals surface area contributed by atoms with Gasteiger partial charge in [0.2, 0.25) is 0 Å². The Hall–Kier alpha value is -2.54. The Morgan fingerprint density at radius 2 is 2.04 bits per heavy atom. The highest BCUT2D eigenvalue weighted by Crippen LogP contribution is 2.31. The van der Waals surface area contributed by atoms with Crippen LogP contribution in [0.3, 0.4) is 0 Å². The second-order valence-electron chi connectivity index (χ2n) is 5.41. The summed E-state index contributed by atoms with van der Waals surface area (Å²) in [5, 5.41) is 10.6. The van der Waals surface area contributed by atoms with Gasteiger partial charge in [-0.15, -0.1) is 21.5 Å². The van der Waals surface area contributed by atoms with Gasteiger partial charge in [0.1, 0.15) is 18.0 Å². The van der Waals surface area contributed by atoms with Gasteiger partial charge in [0, 0.05) is 18.0 Å². The molecule has 3 aromatic rings. The molecular formula is C17H17FN4OS. The lowest BCUT2D eigenvalue weighted by Gasteiger charge is -2.05. The number of aromatic nitrogens is 3. The SMILES string of the molecule is Cc1sc(C(=O)NCCn2cnnc2C)cc1-c1ccc(F)cc1. The van der Waals surface area contributed by atoms with Crippen molar-refractivity contribution in [3.05, 3.63) is 58.1 Å². The van der Waals surface area contributed by atoms with E-state index in [0.29, 0.717) is 18.0 Å². The van der Waals surface area contributed by atoms with Crippen molar-refractivity contribution >= 4 is 17.2 Å². The molecule has 0 aliphatic rings. The van der Waals surface area contributed by atoms with Gasteiger partial charge >= 0.3 is 0 Å². The van der Waals surface area contributed by atoms with Crippen LogP contribution in [0, 0.1) is 19.7 Å². The van der Waals surface area contributed by atoms with Crippen LogP contribution in [0.1, 0.15) is 20.4 Å². The number of nitrogens with one attached hydrogen (secondary N) is 1. The van der Waals surface area contributed by atoms with Crippen LogP contribution in [-0.4, -0.2) is 27.2 Å². The summed E-state index contributed by atoms with van der Waals surface area (Å²) in [6.07, 6.45) is 1.64. The normalized spacial score (nSPS) is 10.8. The molecule has 0 aliphatic carbocycles. The van der Waals surface area contributed by atoms with Gasteiger partial charge in [-0.25, -0.2) is 4.39 Å². The zero-order valence-corrected chi connectivity index (χ0v) is 14.2. The molecule has 124 valence electrons. The molecule has 0 aliphatic heterocycles. The fraction of sp³-hybridized carbons (Fsp3) is 0.235. The van der Waals surface area contributed by atoms with Gasteiger partial charge in [-0.1, -0.05) is 12.1 Å². The number of hydrogen-bond acceptors (Lipinski definition) is 4. The molecule has 0 spiro atoms. The summed E-state index contributed by atoms with van der Waals surface area (Å²) in [6.45, 7) is 4.95. The number of thiophene rings is 1. The lowest BCUT2D eigenvalue weighted by atomic mass is 10.1. The molecule has 0 saturated heterocycles. The minimum atomic E-state index is -0.270. The van der Waals surface area contributed by atoms with Crippen LogP contribution >= 0.6 is 11.3 Å². The number of aryl methyl sites for hydroxylation is 2. The fourth-order valence-corrected chi connectivity index (χ4v) is 3.38. The zero-order valence-electron chi connectivity index (χ0n) is 13.4. The maximum absolute atomic E-state index is 13.0. The monoisotopic (exact) mass is 344 g/mol. The van der Waals surface area contributed by atoms with Crippen LogP contribution in [-0.2, 0) is 6.54 Å². The van der Waals surface area contributed by atoms with Crippen LogP contribution in [0.15, 0.2) is 36.7 Å². The number of halogens is 1. The van der Waals surface area contributed by atoms with Crippen molar-refractivity contribution < 1.29 is 9.18 Å². The number of carbonyl (C=O) groups excluding carboxylic acids is 1. The minimum Gasteiger partial charge on any atom is -0.350 e. The summed E-state index contributed by atoms with van der Waals surface area (Å²) in [4.78, 5) is 14.0. The van der Waals surface area contributed by atoms with Crippen LogP contribution in [0.25, 0.3) is 11.1 Å². The van der Waals surface area contributed by atoms with E-state index in [1.165, 1.54) is 23.5 Å². The molecule has 2 heterocycles. The Morgan fingerprint density at radius 1 is 1.29 bits per heavy atom. The molecule has 0 atom stereocenters. The van der Waals surface area contributed by atoms with Crippen molar-refractivity contribution in [1.29, 1.82) is 0 Å². The smallest absolute Gasteiger partial charge is 0.261 e. The van der Waals surface area contributed by atoms with Crippen LogP contribution in [0.5, 0.6) is 0 Å². The number of benzene rings is 1. The van der Waals surface area contributed by atoms with Crippen LogP contribution in [0.2, 0.25) is 0 Å². The van der Waals surface area contributed by atoms with Gasteiger partial charge in [-0.2, -0.15) is 0 Å². The summed E-state index contributed by atoms with van der Waals surface area (Å²) < 4.78 is 14.9. The first-order chi connectivity index (χ1) is 11.5. The van der Waals surface area contributed by atoms with E-state index in [-0.39, 0.29) is 11.7 Å². The van der Waals surface area contributed by atoms with E-state index in [0.717, 1.165) is 21.8 Å². The van der Waals surface area contributed by atoms with E-state index < -0.39 is 0 Å². The van der Waals surface area contributed by atoms with E-state index in [9.17, 15) is 9.18 Å². The summed E-state index contributed by atoms with van der Waals surface area (Å²) in [6, 6.07) is 8.15. The third kappa shape index (κ3) is 3.51. The van der Waals surface area contributed by atoms with Gasteiger partial charge in [0.05, 0.1) is 4.88 Å². The molecule has 0 saturated carbocycles. The zero-order chi connectivity index (χ0) is 17.1. The average molecular weight is 344 g/mol. The predicted octanol–water partition coefficient (Wildman–Crippen LogP) is 3.19. The quantitative estimate of drug-likeness (QED) is 0.773. The lowest BCUT2D eigenvalue weighted by Crippen LogP contribution is -2.26. The van der Waals surface area contributed by atoms with E-state index in [2.05, 4.69) is 15.5 Å². The Labute approximate surface area is 143 Å². The first-order valence-electron chi connectivity index (χ1n) is 7.53. The van der Waals surface area contributed by atoms with Gasteiger partial charge in [-0.05, 0) is 43.2 Å². The summed E-state index contributed by atoms with van der Waals surface area (Å²) in [5.74, 6) is 0.436. The molecule has 0 radical (unpaired) electrons. The molecule has 3 rings (SSSR count). The van der Waals surface area contributed by atoms with E-state index in [1.54, 1.807) is 18.5 Å². The molecule has 1 amide bonds. The molecule has 7 heteroatoms. The Morgan fingerprint density at radius 3 is 2.71 bits per heavy atom. The molecule has 0 fully saturated rings. The lowest BCUT2D eigenvalue weighted by molar-refractivity contribution is 0.0956. The number of carbonyl (C=O) groups is 1. The van der Waals surface area contributed by atoms with Crippen molar-refractivity contribution in [3.8, 4) is 11.1 Å². The summed E-state index contributed by atoms with van der Waals surface area (Å²) in [5.41, 5.74) is 1.86. The van der Waals surface area contributed by atoms with Crippen molar-refractivity contribution in [3.63, 3.8) is 0 Å². The standard InChI is InChI=1S/C17H17FN4OS/c1-11-15(13-3-5-14(18)6-4-13)9-16(24-11)17(23)19-7-8-22-10-20-21-12(22)2/h3-6,9-10H,7-8H2,1-2H3,(H,19,23). The van der Waals surface area contributed by atoms with Gasteiger partial charge < -0.3 is 9.88 Å². The van der Waals surface area contributed by atoms with Crippen LogP contribution < -0.4 is 5.32 Å². The molecule has 0 bridgehead atoms. The second-order valence-corrected chi connectivity index (χ2v) is 6.67. The molecule has 24 heavy (non-hydrogen) atoms. The molecular weight excluding hydrogens is 327 g/mol. The Balaban J connectivity index is 1.66. The predicted molar refractivity (Wildman–Crippen MR) is 91.5 cm³/mol. The molecule has 0 unspecified atom stereocenters. The number of hydrogen-bond donors (Lipinski definition) is 1. The number of amides is 1. The van der Waals surface area contributed by atoms with Crippen molar-refractivity contribution in [2.45, 2.75) is 20.4 Å². The Bertz CT molecular complexity index is 854. The van der Waals surface area contributed by atoms with E-state index >= 15 is 0 Å². The first-order valence-corrected chi connectivity index (χ1v) is 8.35. The first kappa shape index (κ1) is 16.3. The largest absolute Gasteiger partial charge is 0.350 e. The van der Waals surface area contributed by atoms with Crippen molar-refractivity contribution in [1.82, 2.24) is 20.1 Å². The maximum atomic E-state index is 13.0. The van der Waals surface area contributed by atoms with Gasteiger partial charge in [0.25, 0.3) is 5.91 Å². The Kier molecular flexibility index (Phi) is 4.71. The maximum Gasteiger partial charge on any atom is 0.261 e. The fourth-order valence-electron chi connectivity index (χ4n) is 2.42.